The lowest BCUT2D eigenvalue weighted by Gasteiger charge is -2.13. The number of fused-ring (bicyclic) bond motifs is 1. The Morgan fingerprint density at radius 2 is 1.95 bits per heavy atom. The van der Waals surface area contributed by atoms with Crippen molar-refractivity contribution in [1.82, 2.24) is 4.57 Å². The van der Waals surface area contributed by atoms with E-state index in [-0.39, 0.29) is 11.1 Å². The zero-order chi connectivity index (χ0) is 15.1. The van der Waals surface area contributed by atoms with Crippen molar-refractivity contribution in [2.45, 2.75) is 12.3 Å². The third-order valence-corrected chi connectivity index (χ3v) is 4.34. The fraction of sp³-hybridized carbons (Fsp3) is 0.188. The molecule has 0 radical (unpaired) electrons. The maximum atomic E-state index is 11.5. The Morgan fingerprint density at radius 1 is 1.19 bits per heavy atom. The minimum atomic E-state index is -0.379. The van der Waals surface area contributed by atoms with Crippen LogP contribution >= 0.6 is 23.2 Å². The lowest BCUT2D eigenvalue weighted by Crippen LogP contribution is -2.08. The molecule has 2 aromatic carbocycles. The topological polar surface area (TPSA) is 35.1 Å². The molecule has 1 heterocycles. The summed E-state index contributed by atoms with van der Waals surface area (Å²) in [6, 6.07) is 11.2. The predicted molar refractivity (Wildman–Crippen MR) is 85.3 cm³/mol. The van der Waals surface area contributed by atoms with Crippen LogP contribution in [0.25, 0.3) is 11.1 Å². The van der Waals surface area contributed by atoms with Crippen LogP contribution in [0.2, 0.25) is 5.02 Å². The highest BCUT2D eigenvalue weighted by Gasteiger charge is 2.16. The minimum Gasteiger partial charge on any atom is -0.408 e. The Balaban J connectivity index is 2.09. The SMILES string of the molecule is Cc1cc(Cl)ccc1C(Cl)c1ccc2c(c1)oc(=O)n2C. The second kappa shape index (κ2) is 5.24. The number of benzene rings is 2. The molecule has 0 amide bonds. The Labute approximate surface area is 131 Å². The second-order valence-electron chi connectivity index (χ2n) is 5.02. The van der Waals surface area contributed by atoms with Crippen molar-refractivity contribution >= 4 is 34.3 Å². The largest absolute Gasteiger partial charge is 0.419 e. The number of aryl methyl sites for hydroxylation is 2. The molecular weight excluding hydrogens is 309 g/mol. The Hall–Kier alpha value is -1.71. The highest BCUT2D eigenvalue weighted by atomic mass is 35.5. The summed E-state index contributed by atoms with van der Waals surface area (Å²) in [5, 5.41) is 0.363. The Kier molecular flexibility index (Phi) is 3.56. The minimum absolute atomic E-state index is 0.322. The van der Waals surface area contributed by atoms with Crippen molar-refractivity contribution in [3.8, 4) is 0 Å². The van der Waals surface area contributed by atoms with E-state index in [2.05, 4.69) is 0 Å². The number of hydrogen-bond donors (Lipinski definition) is 0. The molecule has 21 heavy (non-hydrogen) atoms. The van der Waals surface area contributed by atoms with E-state index in [1.54, 1.807) is 7.05 Å². The van der Waals surface area contributed by atoms with Gasteiger partial charge < -0.3 is 4.42 Å². The molecule has 0 spiro atoms. The highest BCUT2D eigenvalue weighted by molar-refractivity contribution is 6.30. The van der Waals surface area contributed by atoms with Gasteiger partial charge in [0, 0.05) is 12.1 Å². The van der Waals surface area contributed by atoms with E-state index in [9.17, 15) is 4.79 Å². The van der Waals surface area contributed by atoms with Gasteiger partial charge in [-0.05, 0) is 47.9 Å². The summed E-state index contributed by atoms with van der Waals surface area (Å²) < 4.78 is 6.67. The quantitative estimate of drug-likeness (QED) is 0.655. The van der Waals surface area contributed by atoms with Crippen LogP contribution in [0.1, 0.15) is 22.1 Å². The van der Waals surface area contributed by atoms with E-state index in [1.165, 1.54) is 4.57 Å². The van der Waals surface area contributed by atoms with Crippen molar-refractivity contribution < 1.29 is 4.42 Å². The van der Waals surface area contributed by atoms with Crippen molar-refractivity contribution in [3.63, 3.8) is 0 Å². The van der Waals surface area contributed by atoms with E-state index >= 15 is 0 Å². The molecule has 0 N–H and O–H groups in total. The Bertz CT molecular complexity index is 880. The number of rotatable bonds is 2. The zero-order valence-corrected chi connectivity index (χ0v) is 13.1. The van der Waals surface area contributed by atoms with Gasteiger partial charge >= 0.3 is 5.76 Å². The molecule has 3 aromatic rings. The van der Waals surface area contributed by atoms with E-state index < -0.39 is 0 Å². The normalized spacial score (nSPS) is 12.8. The lowest BCUT2D eigenvalue weighted by molar-refractivity contribution is 0.528. The average molecular weight is 322 g/mol. The number of nitrogens with zero attached hydrogens (tertiary/aromatic N) is 1. The standard InChI is InChI=1S/C16H13Cl2NO2/c1-9-7-11(17)4-5-12(9)15(18)10-3-6-13-14(8-10)21-16(20)19(13)2/h3-8,15H,1-2H3. The van der Waals surface area contributed by atoms with Gasteiger partial charge in [-0.3, -0.25) is 4.57 Å². The molecule has 0 fully saturated rings. The summed E-state index contributed by atoms with van der Waals surface area (Å²) >= 11 is 12.5. The molecule has 1 unspecified atom stereocenters. The molecule has 3 nitrogen and oxygen atoms in total. The summed E-state index contributed by atoms with van der Waals surface area (Å²) in [5.74, 6) is -0.379. The number of oxazole rings is 1. The zero-order valence-electron chi connectivity index (χ0n) is 11.6. The molecule has 0 saturated carbocycles. The van der Waals surface area contributed by atoms with Gasteiger partial charge in [0.05, 0.1) is 10.9 Å². The van der Waals surface area contributed by atoms with Gasteiger partial charge in [-0.25, -0.2) is 4.79 Å². The van der Waals surface area contributed by atoms with Crippen LogP contribution in [-0.2, 0) is 7.05 Å². The number of aromatic nitrogens is 1. The monoisotopic (exact) mass is 321 g/mol. The summed E-state index contributed by atoms with van der Waals surface area (Å²) in [6.07, 6.45) is 0. The van der Waals surface area contributed by atoms with Crippen molar-refractivity contribution in [2.24, 2.45) is 7.05 Å². The van der Waals surface area contributed by atoms with Gasteiger partial charge in [0.25, 0.3) is 0 Å². The summed E-state index contributed by atoms with van der Waals surface area (Å²) in [6.45, 7) is 1.97. The van der Waals surface area contributed by atoms with Crippen LogP contribution in [0, 0.1) is 6.92 Å². The van der Waals surface area contributed by atoms with Gasteiger partial charge in [-0.15, -0.1) is 11.6 Å². The van der Waals surface area contributed by atoms with Gasteiger partial charge in [0.1, 0.15) is 0 Å². The molecule has 0 aliphatic heterocycles. The highest BCUT2D eigenvalue weighted by Crippen LogP contribution is 2.33. The van der Waals surface area contributed by atoms with E-state index in [0.29, 0.717) is 10.6 Å². The maximum Gasteiger partial charge on any atom is 0.419 e. The van der Waals surface area contributed by atoms with Crippen LogP contribution < -0.4 is 5.76 Å². The first-order valence-electron chi connectivity index (χ1n) is 6.47. The van der Waals surface area contributed by atoms with Gasteiger partial charge in [0.2, 0.25) is 0 Å². The van der Waals surface area contributed by atoms with E-state index in [4.69, 9.17) is 27.6 Å². The van der Waals surface area contributed by atoms with Crippen molar-refractivity contribution in [3.05, 3.63) is 68.7 Å². The fourth-order valence-corrected chi connectivity index (χ4v) is 3.02. The van der Waals surface area contributed by atoms with Gasteiger partial charge in [-0.1, -0.05) is 23.7 Å². The smallest absolute Gasteiger partial charge is 0.408 e. The summed E-state index contributed by atoms with van der Waals surface area (Å²) in [4.78, 5) is 11.5. The third-order valence-electron chi connectivity index (χ3n) is 3.61. The third kappa shape index (κ3) is 2.47. The average Bonchev–Trinajstić information content (AvgIpc) is 2.73. The molecular formula is C16H13Cl2NO2. The molecule has 108 valence electrons. The van der Waals surface area contributed by atoms with Crippen LogP contribution in [0.5, 0.6) is 0 Å². The van der Waals surface area contributed by atoms with Crippen LogP contribution in [0.3, 0.4) is 0 Å². The number of hydrogen-bond acceptors (Lipinski definition) is 2. The van der Waals surface area contributed by atoms with Crippen LogP contribution in [-0.4, -0.2) is 4.57 Å². The molecule has 3 rings (SSSR count). The lowest BCUT2D eigenvalue weighted by atomic mass is 10.00. The number of alkyl halides is 1. The second-order valence-corrected chi connectivity index (χ2v) is 5.89. The summed E-state index contributed by atoms with van der Waals surface area (Å²) in [7, 11) is 1.68. The van der Waals surface area contributed by atoms with E-state index in [0.717, 1.165) is 22.2 Å². The summed E-state index contributed by atoms with van der Waals surface area (Å²) in [5.41, 5.74) is 4.18. The Morgan fingerprint density at radius 3 is 2.67 bits per heavy atom. The fourth-order valence-electron chi connectivity index (χ4n) is 2.41. The first kappa shape index (κ1) is 14.2. The first-order chi connectivity index (χ1) is 9.97. The molecule has 5 heteroatoms. The van der Waals surface area contributed by atoms with Crippen LogP contribution in [0.15, 0.2) is 45.6 Å². The molecule has 1 aromatic heterocycles. The molecule has 0 bridgehead atoms. The molecule has 0 aliphatic rings. The van der Waals surface area contributed by atoms with Crippen molar-refractivity contribution in [1.29, 1.82) is 0 Å². The first-order valence-corrected chi connectivity index (χ1v) is 7.28. The molecule has 0 saturated heterocycles. The number of halogens is 2. The molecule has 0 aliphatic carbocycles. The predicted octanol–water partition coefficient (Wildman–Crippen LogP) is 4.42. The van der Waals surface area contributed by atoms with Gasteiger partial charge in [0.15, 0.2) is 5.58 Å². The maximum absolute atomic E-state index is 11.5. The van der Waals surface area contributed by atoms with Crippen LogP contribution in [0.4, 0.5) is 0 Å². The van der Waals surface area contributed by atoms with Gasteiger partial charge in [-0.2, -0.15) is 0 Å². The molecule has 1 atom stereocenters. The van der Waals surface area contributed by atoms with E-state index in [1.807, 2.05) is 43.3 Å². The van der Waals surface area contributed by atoms with Crippen molar-refractivity contribution in [2.75, 3.05) is 0 Å².